The van der Waals surface area contributed by atoms with Crippen LogP contribution in [0.3, 0.4) is 0 Å². The first kappa shape index (κ1) is 87.0. The molecule has 0 saturated carbocycles. The highest BCUT2D eigenvalue weighted by molar-refractivity contribution is 9.11. The predicted octanol–water partition coefficient (Wildman–Crippen LogP) is 20.4. The molecular weight excluding hydrogens is 1770 g/mol. The number of hydrogen-bond acceptors (Lipinski definition) is 15. The number of H-pyrrole nitrogens is 5. The van der Waals surface area contributed by atoms with Crippen LogP contribution in [-0.4, -0.2) is 133 Å². The summed E-state index contributed by atoms with van der Waals surface area (Å²) in [7, 11) is 0. The van der Waals surface area contributed by atoms with Gasteiger partial charge in [0.1, 0.15) is 49.9 Å². The van der Waals surface area contributed by atoms with E-state index in [9.17, 15) is 17.6 Å². The molecule has 0 unspecified atom stereocenters. The van der Waals surface area contributed by atoms with E-state index < -0.39 is 0 Å². The van der Waals surface area contributed by atoms with Gasteiger partial charge < -0.3 is 46.6 Å². The van der Waals surface area contributed by atoms with E-state index in [4.69, 9.17) is 15.7 Å². The van der Waals surface area contributed by atoms with Crippen molar-refractivity contribution in [3.8, 4) is 11.6 Å². The third-order valence-electron chi connectivity index (χ3n) is 19.9. The Bertz CT molecular complexity index is 6940. The lowest BCUT2D eigenvalue weighted by molar-refractivity contribution is 0.629. The van der Waals surface area contributed by atoms with Crippen molar-refractivity contribution in [2.75, 3.05) is 42.1 Å². The summed E-state index contributed by atoms with van der Waals surface area (Å²) in [6.07, 6.45) is 36.4. The molecule has 34 heteroatoms. The van der Waals surface area contributed by atoms with Gasteiger partial charge in [0, 0.05) is 151 Å². The molecular formula is C88H90Br3ClF4N26. The number of aromatic amines is 5. The van der Waals surface area contributed by atoms with E-state index in [-0.39, 0.29) is 37.1 Å². The molecule has 0 bridgehead atoms. The molecule has 122 heavy (non-hydrogen) atoms. The van der Waals surface area contributed by atoms with E-state index in [1.165, 1.54) is 30.3 Å². The summed E-state index contributed by atoms with van der Waals surface area (Å²) in [4.78, 5) is 64.2. The van der Waals surface area contributed by atoms with Crippen molar-refractivity contribution in [2.45, 2.75) is 87.0 Å². The van der Waals surface area contributed by atoms with E-state index in [1.54, 1.807) is 85.8 Å². The van der Waals surface area contributed by atoms with E-state index in [0.29, 0.717) is 60.6 Å². The van der Waals surface area contributed by atoms with E-state index in [2.05, 4.69) is 172 Å². The third kappa shape index (κ3) is 19.8. The van der Waals surface area contributed by atoms with Gasteiger partial charge >= 0.3 is 0 Å². The fourth-order valence-corrected chi connectivity index (χ4v) is 15.4. The summed E-state index contributed by atoms with van der Waals surface area (Å²) in [6.45, 7) is 30.4. The van der Waals surface area contributed by atoms with Crippen molar-refractivity contribution in [1.82, 2.24) is 106 Å². The van der Waals surface area contributed by atoms with Gasteiger partial charge in [-0.3, -0.25) is 26.7 Å². The first-order valence-electron chi connectivity index (χ1n) is 38.7. The normalized spacial score (nSPS) is 11.2. The van der Waals surface area contributed by atoms with Gasteiger partial charge in [-0.15, -0.1) is 12.4 Å². The Kier molecular flexibility index (Phi) is 27.6. The minimum Gasteiger partial charge on any atom is -0.367 e. The molecule has 0 spiro atoms. The van der Waals surface area contributed by atoms with Gasteiger partial charge in [-0.05, 0) is 239 Å². The van der Waals surface area contributed by atoms with Crippen LogP contribution in [0.25, 0.3) is 94.6 Å². The van der Waals surface area contributed by atoms with Crippen molar-refractivity contribution < 1.29 is 19.0 Å². The van der Waals surface area contributed by atoms with Gasteiger partial charge in [0.25, 0.3) is 0 Å². The smallest absolute Gasteiger partial charge is 0.180 e. The van der Waals surface area contributed by atoms with Crippen LogP contribution in [0, 0.1) is 44.0 Å². The third-order valence-corrected chi connectivity index (χ3v) is 21.2. The zero-order chi connectivity index (χ0) is 85.3. The number of nitrogens with zero attached hydrogens (tertiary/aromatic N) is 17. The van der Waals surface area contributed by atoms with Crippen LogP contribution >= 0.6 is 60.2 Å². The highest BCUT2D eigenvalue weighted by Gasteiger charge is 2.20. The number of fused-ring (bicyclic) bond motifs is 8. The summed E-state index contributed by atoms with van der Waals surface area (Å²) < 4.78 is 67.8. The Morgan fingerprint density at radius 3 is 1.17 bits per heavy atom. The summed E-state index contributed by atoms with van der Waals surface area (Å²) in [5.41, 5.74) is 23.3. The monoisotopic (exact) mass is 1860 g/mol. The Morgan fingerprint density at radius 1 is 0.451 bits per heavy atom. The zero-order valence-corrected chi connectivity index (χ0v) is 73.5. The zero-order valence-electron chi connectivity index (χ0n) is 67.9. The maximum atomic E-state index is 13.7. The standard InChI is InChI=1S/C23H24FN7.C23H22FN7.C19H17BrFN5.C10H11FN2.C9H7Br2N3.C4H6N2.ClH.H2/c2*1-14(2)20-12-28-23-22(29-21(13-31(20)23)30-9-8-25-15(30)3)26-7-6-16-11-27-19-5-4-17(24)10-18(16)19;1-11(2)16-9-24-19-18(25-17(20)10-26(16)19)22-6-5-12-8-23-15-4-3-13(21)7-14(12)15;11-8-1-2-10-9(5-8)7(3-4-12)6-13-10;1-5(2)6-3-12-9-8(11)13-7(10)4-14(6)9;1-4-5-2-3-6-4;;/h4-5,8-14,27H,6-7H2,1-3H3,(H,26,29);4-5,8-13,27H,1,6-7H2,2-3H3,(H,26,29);3-4,7-10,23H,1,5-6H2,2H3,(H,22,25);1-2,5-6,13H,3-4,12H2;3-4H,1H2,2H3;2-3H,1H3,(H,5,6);2*1H. The second-order valence-electron chi connectivity index (χ2n) is 29.0. The predicted molar refractivity (Wildman–Crippen MR) is 492 cm³/mol. The molecule has 0 aliphatic carbocycles. The largest absolute Gasteiger partial charge is 0.367 e. The highest BCUT2D eigenvalue weighted by atomic mass is 79.9. The van der Waals surface area contributed by atoms with Crippen LogP contribution in [-0.2, 0) is 25.7 Å². The Labute approximate surface area is 731 Å². The summed E-state index contributed by atoms with van der Waals surface area (Å²) in [5, 5.41) is 13.8. The lowest BCUT2D eigenvalue weighted by atomic mass is 10.1. The van der Waals surface area contributed by atoms with Crippen LogP contribution in [0.2, 0.25) is 0 Å². The SMILES string of the molecule is C=C(C)c1cnc2c(Br)nc(Br)cn12.C=C(C)c1cnc2c(NCCc3c[nH]c4ccc(F)cc34)nc(-n3ccnc3C)cn12.C=C(C)c1cnc2c(NCCc3c[nH]c4ccc(F)cc34)nc(Br)cn12.Cc1ncc[nH]1.Cc1nccn1-c1cn2c(C(C)C)cnc2c(NCCc2c[nH]c3ccc(F)cc23)n1.Cl.NCCc1c[nH]c2ccc(F)cc12.[HH]. The van der Waals surface area contributed by atoms with E-state index in [0.717, 1.165) is 186 Å². The lowest BCUT2D eigenvalue weighted by Crippen LogP contribution is -2.11. The number of rotatable bonds is 20. The summed E-state index contributed by atoms with van der Waals surface area (Å²) >= 11 is 10.1. The van der Waals surface area contributed by atoms with Crippen molar-refractivity contribution >= 4 is 161 Å². The second kappa shape index (κ2) is 38.7. The van der Waals surface area contributed by atoms with Crippen LogP contribution in [0.4, 0.5) is 35.0 Å². The fraction of sp³-hybridized carbons (Fsp3) is 0.193. The number of nitrogens with one attached hydrogen (secondary N) is 8. The second-order valence-corrected chi connectivity index (χ2v) is 31.4. The number of anilines is 3. The maximum absolute atomic E-state index is 13.7. The first-order valence-corrected chi connectivity index (χ1v) is 41.1. The lowest BCUT2D eigenvalue weighted by Gasteiger charge is -2.13. The molecule has 0 aliphatic heterocycles. The number of allylic oxidation sites excluding steroid dienone is 3. The van der Waals surface area contributed by atoms with E-state index in [1.807, 2.05) is 132 Å². The van der Waals surface area contributed by atoms with Gasteiger partial charge in [-0.1, -0.05) is 33.6 Å². The molecule has 10 N–H and O–H groups in total. The molecule has 628 valence electrons. The van der Waals surface area contributed by atoms with E-state index >= 15 is 0 Å². The number of hydrogen-bond donors (Lipinski definition) is 9. The molecule has 26 nitrogen and oxygen atoms in total. The Balaban J connectivity index is 0.000000142. The molecule has 19 rings (SSSR count). The number of imidazole rings is 7. The minimum atomic E-state index is -0.238. The molecule has 0 atom stereocenters. The average molecular weight is 1860 g/mol. The van der Waals surface area contributed by atoms with Gasteiger partial charge in [-0.2, -0.15) is 0 Å². The molecule has 0 fully saturated rings. The molecule has 0 radical (unpaired) electrons. The van der Waals surface area contributed by atoms with Crippen molar-refractivity contribution in [3.63, 3.8) is 0 Å². The van der Waals surface area contributed by atoms with Crippen LogP contribution in [0.5, 0.6) is 0 Å². The maximum Gasteiger partial charge on any atom is 0.180 e. The van der Waals surface area contributed by atoms with Gasteiger partial charge in [0.2, 0.25) is 0 Å². The van der Waals surface area contributed by atoms with Crippen molar-refractivity contribution in [1.29, 1.82) is 0 Å². The fourth-order valence-electron chi connectivity index (χ4n) is 13.9. The van der Waals surface area contributed by atoms with Crippen molar-refractivity contribution in [3.05, 3.63) is 304 Å². The molecule has 0 aliphatic rings. The van der Waals surface area contributed by atoms with Gasteiger partial charge in [0.15, 0.2) is 56.3 Å². The average Bonchev–Trinajstić information content (AvgIpc) is 1.65. The van der Waals surface area contributed by atoms with Gasteiger partial charge in [-0.25, -0.2) is 72.4 Å². The Morgan fingerprint density at radius 2 is 0.811 bits per heavy atom. The number of nitrogens with two attached hydrogens (primary N) is 1. The topological polar surface area (TPSA) is 310 Å². The number of aryl methyl sites for hydroxylation is 3. The Hall–Kier alpha value is -12.8. The molecule has 4 aromatic carbocycles. The highest BCUT2D eigenvalue weighted by Crippen LogP contribution is 2.31. The molecule has 15 heterocycles. The van der Waals surface area contributed by atoms with Crippen LogP contribution in [0.15, 0.2) is 218 Å². The molecule has 0 amide bonds. The molecule has 15 aromatic heterocycles. The minimum absolute atomic E-state index is 0. The quantitative estimate of drug-likeness (QED) is 0.0320. The summed E-state index contributed by atoms with van der Waals surface area (Å²) in [5.74, 6) is 5.68. The number of benzene rings is 4. The number of aromatic nitrogens is 22. The van der Waals surface area contributed by atoms with Gasteiger partial charge in [0.05, 0.1) is 48.1 Å². The first-order chi connectivity index (χ1) is 58.3. The van der Waals surface area contributed by atoms with Crippen molar-refractivity contribution in [2.24, 2.45) is 5.73 Å². The van der Waals surface area contributed by atoms with Crippen LogP contribution in [0.1, 0.15) is 104 Å². The van der Waals surface area contributed by atoms with Crippen LogP contribution < -0.4 is 21.7 Å². The summed E-state index contributed by atoms with van der Waals surface area (Å²) in [6, 6.07) is 19.1. The molecule has 19 aromatic rings. The number of halogens is 8. The molecule has 0 saturated heterocycles.